The van der Waals surface area contributed by atoms with Gasteiger partial charge in [0.1, 0.15) is 12.0 Å². The molecule has 12 heteroatoms. The number of hydrogen-bond acceptors (Lipinski definition) is 9. The first-order chi connectivity index (χ1) is 15.8. The number of anilines is 1. The second-order valence-electron chi connectivity index (χ2n) is 8.84. The normalized spacial score (nSPS) is 28.5. The molecule has 0 aliphatic carbocycles. The molecule has 4 aliphatic heterocycles. The van der Waals surface area contributed by atoms with Crippen molar-refractivity contribution in [1.82, 2.24) is 14.8 Å². The molecule has 0 saturated carbocycles. The van der Waals surface area contributed by atoms with Crippen molar-refractivity contribution < 1.29 is 33.8 Å². The third-order valence-corrected chi connectivity index (χ3v) is 8.18. The minimum absolute atomic E-state index is 0.0346. The lowest BCUT2D eigenvalue weighted by atomic mass is 9.79. The molecule has 178 valence electrons. The van der Waals surface area contributed by atoms with Gasteiger partial charge in [0.15, 0.2) is 5.69 Å². The maximum absolute atomic E-state index is 12.6. The van der Waals surface area contributed by atoms with E-state index in [9.17, 15) is 24.6 Å². The van der Waals surface area contributed by atoms with Gasteiger partial charge in [0, 0.05) is 42.3 Å². The summed E-state index contributed by atoms with van der Waals surface area (Å²) in [4.78, 5) is 46.9. The van der Waals surface area contributed by atoms with Crippen LogP contribution in [0.5, 0.6) is 0 Å². The molecule has 1 aromatic rings. The van der Waals surface area contributed by atoms with E-state index >= 15 is 0 Å². The number of carbonyl (C=O) groups excluding carboxylic acids is 2. The molecule has 4 aliphatic rings. The number of morpholine rings is 1. The van der Waals surface area contributed by atoms with Crippen molar-refractivity contribution in [2.24, 2.45) is 11.8 Å². The van der Waals surface area contributed by atoms with E-state index in [1.54, 1.807) is 11.8 Å². The molecule has 1 aromatic heterocycles. The Kier molecular flexibility index (Phi) is 5.61. The molecule has 0 unspecified atom stereocenters. The largest absolute Gasteiger partial charge is 0.477 e. The first kappa shape index (κ1) is 22.2. The fourth-order valence-electron chi connectivity index (χ4n) is 4.96. The molecule has 33 heavy (non-hydrogen) atoms. The SMILES string of the molecule is C[C@@H](O)[C@H]1C(=O)N2C(C(=O)O)=C(SC3CN(c4nc(C(=O)N5CCOCC5)co4)C3)[C@H](C)[C@H]12. The summed E-state index contributed by atoms with van der Waals surface area (Å²) in [6.45, 7) is 6.71. The van der Waals surface area contributed by atoms with E-state index in [-0.39, 0.29) is 40.4 Å². The van der Waals surface area contributed by atoms with E-state index in [2.05, 4.69) is 4.98 Å². The molecule has 5 heterocycles. The number of thioether (sulfide) groups is 1. The number of rotatable bonds is 6. The number of nitrogens with zero attached hydrogens (tertiary/aromatic N) is 4. The highest BCUT2D eigenvalue weighted by Crippen LogP contribution is 2.52. The third kappa shape index (κ3) is 3.60. The fourth-order valence-corrected chi connectivity index (χ4v) is 6.48. The average molecular weight is 479 g/mol. The summed E-state index contributed by atoms with van der Waals surface area (Å²) in [5, 5.41) is 19.8. The zero-order chi connectivity index (χ0) is 23.4. The smallest absolute Gasteiger partial charge is 0.353 e. The first-order valence-electron chi connectivity index (χ1n) is 11.0. The number of carboxylic acids is 1. The Morgan fingerprint density at radius 3 is 2.61 bits per heavy atom. The van der Waals surface area contributed by atoms with Gasteiger partial charge in [-0.3, -0.25) is 9.59 Å². The van der Waals surface area contributed by atoms with Crippen molar-refractivity contribution in [1.29, 1.82) is 0 Å². The van der Waals surface area contributed by atoms with Crippen molar-refractivity contribution in [3.63, 3.8) is 0 Å². The fraction of sp³-hybridized carbons (Fsp3) is 0.619. The zero-order valence-electron chi connectivity index (χ0n) is 18.3. The van der Waals surface area contributed by atoms with E-state index in [0.29, 0.717) is 50.3 Å². The van der Waals surface area contributed by atoms with Crippen LogP contribution in [0.4, 0.5) is 6.01 Å². The summed E-state index contributed by atoms with van der Waals surface area (Å²) in [5.41, 5.74) is 0.294. The molecular formula is C21H26N4O7S. The Morgan fingerprint density at radius 1 is 1.27 bits per heavy atom. The zero-order valence-corrected chi connectivity index (χ0v) is 19.2. The maximum atomic E-state index is 12.6. The van der Waals surface area contributed by atoms with Crippen LogP contribution in [-0.4, -0.2) is 99.6 Å². The second kappa shape index (κ2) is 8.33. The third-order valence-electron chi connectivity index (χ3n) is 6.73. The molecule has 0 aromatic carbocycles. The number of ether oxygens (including phenoxy) is 1. The van der Waals surface area contributed by atoms with E-state index in [0.717, 1.165) is 0 Å². The summed E-state index contributed by atoms with van der Waals surface area (Å²) >= 11 is 1.46. The number of aliphatic carboxylic acids is 1. The van der Waals surface area contributed by atoms with Crippen LogP contribution in [0.25, 0.3) is 0 Å². The lowest BCUT2D eigenvalue weighted by Crippen LogP contribution is -2.63. The number of β-lactam (4-membered cyclic amide) rings is 1. The van der Waals surface area contributed by atoms with Gasteiger partial charge in [0.25, 0.3) is 11.9 Å². The Balaban J connectivity index is 1.23. The maximum Gasteiger partial charge on any atom is 0.353 e. The standard InChI is InChI=1S/C21H26N4O7S/c1-10-15-14(11(2)26)19(28)25(15)16(20(29)30)17(10)33-12-7-24(8-12)21-22-13(9-32-21)18(27)23-3-5-31-6-4-23/h9-12,14-15,26H,3-8H2,1-2H3,(H,29,30)/t10-,11-,14-,15-/m1/s1. The van der Waals surface area contributed by atoms with Crippen LogP contribution in [0.2, 0.25) is 0 Å². The first-order valence-corrected chi connectivity index (χ1v) is 11.9. The predicted octanol–water partition coefficient (Wildman–Crippen LogP) is 0.223. The number of oxazole rings is 1. The van der Waals surface area contributed by atoms with Crippen LogP contribution in [0.1, 0.15) is 24.3 Å². The Labute approximate surface area is 194 Å². The molecule has 2 N–H and O–H groups in total. The van der Waals surface area contributed by atoms with Crippen LogP contribution in [0.15, 0.2) is 21.3 Å². The summed E-state index contributed by atoms with van der Waals surface area (Å²) < 4.78 is 10.8. The molecule has 4 atom stereocenters. The minimum Gasteiger partial charge on any atom is -0.477 e. The summed E-state index contributed by atoms with van der Waals surface area (Å²) in [6.07, 6.45) is 0.545. The van der Waals surface area contributed by atoms with Gasteiger partial charge >= 0.3 is 5.97 Å². The van der Waals surface area contributed by atoms with Gasteiger partial charge in [-0.2, -0.15) is 4.98 Å². The highest BCUT2D eigenvalue weighted by Gasteiger charge is 2.60. The number of amides is 2. The average Bonchev–Trinajstić information content (AvgIpc) is 3.32. The van der Waals surface area contributed by atoms with E-state index in [1.807, 2.05) is 11.8 Å². The van der Waals surface area contributed by atoms with E-state index < -0.39 is 18.0 Å². The molecule has 3 fully saturated rings. The van der Waals surface area contributed by atoms with Gasteiger partial charge in [-0.05, 0) is 6.92 Å². The lowest BCUT2D eigenvalue weighted by Gasteiger charge is -2.46. The van der Waals surface area contributed by atoms with Crippen LogP contribution >= 0.6 is 11.8 Å². The van der Waals surface area contributed by atoms with Crippen LogP contribution in [0.3, 0.4) is 0 Å². The Morgan fingerprint density at radius 2 is 1.97 bits per heavy atom. The number of aliphatic hydroxyl groups excluding tert-OH is 1. The quantitative estimate of drug-likeness (QED) is 0.547. The monoisotopic (exact) mass is 478 g/mol. The molecule has 2 amide bonds. The molecule has 5 rings (SSSR count). The van der Waals surface area contributed by atoms with Gasteiger partial charge < -0.3 is 34.1 Å². The van der Waals surface area contributed by atoms with Gasteiger partial charge in [0.05, 0.1) is 31.3 Å². The topological polar surface area (TPSA) is 137 Å². The summed E-state index contributed by atoms with van der Waals surface area (Å²) in [6, 6.07) is 0.0475. The van der Waals surface area contributed by atoms with E-state index in [1.165, 1.54) is 22.9 Å². The second-order valence-corrected chi connectivity index (χ2v) is 10.2. The molecule has 11 nitrogen and oxygen atoms in total. The number of fused-ring (bicyclic) bond motifs is 1. The molecule has 0 bridgehead atoms. The van der Waals surface area contributed by atoms with Crippen LogP contribution in [-0.2, 0) is 14.3 Å². The summed E-state index contributed by atoms with van der Waals surface area (Å²) in [7, 11) is 0. The van der Waals surface area contributed by atoms with Gasteiger partial charge in [-0.25, -0.2) is 4.79 Å². The van der Waals surface area contributed by atoms with E-state index in [4.69, 9.17) is 9.15 Å². The number of carboxylic acid groups (broad SMARTS) is 1. The lowest BCUT2D eigenvalue weighted by molar-refractivity contribution is -0.163. The number of aliphatic hydroxyl groups is 1. The highest BCUT2D eigenvalue weighted by atomic mass is 32.2. The highest BCUT2D eigenvalue weighted by molar-refractivity contribution is 8.03. The molecule has 0 spiro atoms. The van der Waals surface area contributed by atoms with Crippen molar-refractivity contribution in [3.05, 3.63) is 22.6 Å². The van der Waals surface area contributed by atoms with Crippen molar-refractivity contribution in [2.75, 3.05) is 44.3 Å². The molecular weight excluding hydrogens is 452 g/mol. The van der Waals surface area contributed by atoms with Crippen LogP contribution < -0.4 is 4.90 Å². The minimum atomic E-state index is -1.13. The Bertz CT molecular complexity index is 1010. The summed E-state index contributed by atoms with van der Waals surface area (Å²) in [5.74, 6) is -2.37. The van der Waals surface area contributed by atoms with Gasteiger partial charge in [-0.15, -0.1) is 11.8 Å². The molecule has 3 saturated heterocycles. The number of carbonyl (C=O) groups is 3. The van der Waals surface area contributed by atoms with Crippen molar-refractivity contribution >= 4 is 35.6 Å². The molecule has 0 radical (unpaired) electrons. The Hall–Kier alpha value is -2.57. The van der Waals surface area contributed by atoms with Crippen LogP contribution in [0, 0.1) is 11.8 Å². The predicted molar refractivity (Wildman–Crippen MR) is 116 cm³/mol. The van der Waals surface area contributed by atoms with Gasteiger partial charge in [-0.1, -0.05) is 6.92 Å². The number of aromatic nitrogens is 1. The van der Waals surface area contributed by atoms with Gasteiger partial charge in [0.2, 0.25) is 5.91 Å². The van der Waals surface area contributed by atoms with Crippen molar-refractivity contribution in [2.45, 2.75) is 31.2 Å². The van der Waals surface area contributed by atoms with Crippen molar-refractivity contribution in [3.8, 4) is 0 Å². The number of hydrogen-bond donors (Lipinski definition) is 2.